The maximum Gasteiger partial charge on any atom is 2.00 e. The Labute approximate surface area is 499 Å². The van der Waals surface area contributed by atoms with E-state index >= 15 is 0 Å². The summed E-state index contributed by atoms with van der Waals surface area (Å²) in [5.74, 6) is 5.38. The number of carbonyl (C=O) groups excluding carboxylic acids is 4. The van der Waals surface area contributed by atoms with E-state index in [0.717, 1.165) is 44.5 Å². The summed E-state index contributed by atoms with van der Waals surface area (Å²) in [4.78, 5) is 68.4. The van der Waals surface area contributed by atoms with Crippen molar-refractivity contribution < 1.29 is 54.9 Å². The molecule has 2 aliphatic rings. The summed E-state index contributed by atoms with van der Waals surface area (Å²) in [6.07, 6.45) is 10.9. The Kier molecular flexibility index (Phi) is 22.2. The molecule has 4 aromatic carbocycles. The van der Waals surface area contributed by atoms with Crippen LogP contribution in [-0.4, -0.2) is 79.9 Å². The number of carbonyl (C=O) groups is 4. The SMILES string of the molecule is CC(=O)SCCCOc1cccc(-c2c3nc(c(-c4cccc(OCCCSC(C)=O)c4)c4ccc([n-]4)c(-c4cccc(OCCCSC(C)=O)c4)c4nc(c(-c5cccc(OCCCSC(C)=O)c5)c5ccc2[n-]5)C=C4)C=C3)c1.[Co+2]. The van der Waals surface area contributed by atoms with Gasteiger partial charge in [0.1, 0.15) is 23.0 Å². The van der Waals surface area contributed by atoms with E-state index < -0.39 is 0 Å². The van der Waals surface area contributed by atoms with Gasteiger partial charge in [0.2, 0.25) is 0 Å². The van der Waals surface area contributed by atoms with Crippen molar-refractivity contribution in [2.45, 2.75) is 53.4 Å². The van der Waals surface area contributed by atoms with Gasteiger partial charge in [-0.3, -0.25) is 19.2 Å². The van der Waals surface area contributed by atoms with Crippen LogP contribution in [0.15, 0.2) is 121 Å². The number of nitrogens with zero attached hydrogens (tertiary/aromatic N) is 4. The molecule has 0 aliphatic carbocycles. The van der Waals surface area contributed by atoms with Crippen LogP contribution >= 0.6 is 47.0 Å². The molecule has 12 nitrogen and oxygen atoms in total. The zero-order valence-electron chi connectivity index (χ0n) is 45.4. The molecule has 7 aromatic rings. The van der Waals surface area contributed by atoms with Gasteiger partial charge in [0.25, 0.3) is 0 Å². The van der Waals surface area contributed by atoms with Crippen molar-refractivity contribution in [3.8, 4) is 67.5 Å². The molecular weight excluding hydrogens is 1140 g/mol. The van der Waals surface area contributed by atoms with Crippen LogP contribution in [0.1, 0.15) is 76.2 Å². The molecular formula is C64H60CoN4O8S4. The van der Waals surface area contributed by atoms with Crippen molar-refractivity contribution in [1.29, 1.82) is 0 Å². The first-order chi connectivity index (χ1) is 38.9. The number of benzene rings is 4. The standard InChI is InChI=1S/C64H60N4O8S4.Co/c1-41(69)77-33-9-29-73-49-17-5-13-45(37-49)61-53-21-23-55(65-53)62(46-14-6-18-50(38-46)74-30-10-34-78-42(2)70)57-25-27-59(67-57)64(48-16-8-20-52(40-48)76-32-12-36-80-44(4)72)60-28-26-58(68-60)63(56-24-22-54(61)66-56)47-15-7-19-51(39-47)75-31-11-35-79-43(3)71;/h5-8,13-28,37-40H,9-12,29-36H2,1-4H3;/q-2;+2. The first kappa shape index (κ1) is 60.4. The second-order valence-electron chi connectivity index (χ2n) is 18.6. The average Bonchev–Trinajstić information content (AvgIpc) is 4.37. The quantitative estimate of drug-likeness (QED) is 0.0525. The third-order valence-electron chi connectivity index (χ3n) is 12.6. The molecule has 0 saturated heterocycles. The molecule has 5 heterocycles. The number of thioether (sulfide) groups is 4. The molecule has 9 rings (SSSR count). The Hall–Kier alpha value is -6.73. The van der Waals surface area contributed by atoms with Crippen LogP contribution in [0.4, 0.5) is 0 Å². The number of rotatable bonds is 24. The molecule has 81 heavy (non-hydrogen) atoms. The van der Waals surface area contributed by atoms with Crippen molar-refractivity contribution in [3.63, 3.8) is 0 Å². The van der Waals surface area contributed by atoms with Gasteiger partial charge in [-0.2, -0.15) is 0 Å². The van der Waals surface area contributed by atoms with Gasteiger partial charge in [-0.15, -0.1) is 22.1 Å². The van der Waals surface area contributed by atoms with Gasteiger partial charge in [0.05, 0.1) is 49.2 Å². The molecule has 17 heteroatoms. The molecule has 1 radical (unpaired) electrons. The first-order valence-corrected chi connectivity index (χ1v) is 30.4. The summed E-state index contributed by atoms with van der Waals surface area (Å²) in [5, 5.41) is 0.322. The molecule has 0 fully saturated rings. The minimum absolute atomic E-state index is 0. The fourth-order valence-corrected chi connectivity index (χ4v) is 11.3. The van der Waals surface area contributed by atoms with Crippen LogP contribution in [0.5, 0.6) is 23.0 Å². The van der Waals surface area contributed by atoms with Crippen molar-refractivity contribution >= 4 is 114 Å². The predicted molar refractivity (Wildman–Crippen MR) is 332 cm³/mol. The fourth-order valence-electron chi connectivity index (χ4n) is 9.10. The summed E-state index contributed by atoms with van der Waals surface area (Å²) in [7, 11) is 0. The van der Waals surface area contributed by atoms with Gasteiger partial charge in [0, 0.05) is 50.7 Å². The molecule has 0 amide bonds. The predicted octanol–water partition coefficient (Wildman–Crippen LogP) is 14.8. The monoisotopic (exact) mass is 1200 g/mol. The molecule has 0 saturated carbocycles. The fraction of sp³-hybridized carbons (Fsp3) is 0.250. The van der Waals surface area contributed by atoms with E-state index in [4.69, 9.17) is 38.9 Å². The van der Waals surface area contributed by atoms with Crippen molar-refractivity contribution in [1.82, 2.24) is 19.9 Å². The second kappa shape index (κ2) is 29.8. The molecule has 0 unspecified atom stereocenters. The van der Waals surface area contributed by atoms with E-state index in [2.05, 4.69) is 0 Å². The smallest absolute Gasteiger partial charge is 0.657 e. The van der Waals surface area contributed by atoms with Crippen LogP contribution < -0.4 is 28.9 Å². The van der Waals surface area contributed by atoms with Gasteiger partial charge < -0.3 is 28.9 Å². The van der Waals surface area contributed by atoms with Gasteiger partial charge >= 0.3 is 16.8 Å². The number of hydrogen-bond acceptors (Lipinski definition) is 14. The third-order valence-corrected chi connectivity index (χ3v) is 16.1. The summed E-state index contributed by atoms with van der Waals surface area (Å²) in [5.41, 5.74) is 12.0. The normalized spacial score (nSPS) is 11.5. The Bertz CT molecular complexity index is 3190. The minimum Gasteiger partial charge on any atom is -0.657 e. The molecule has 0 spiro atoms. The topological polar surface area (TPSA) is 159 Å². The van der Waals surface area contributed by atoms with Crippen molar-refractivity contribution in [2.24, 2.45) is 0 Å². The molecule has 3 aromatic heterocycles. The molecule has 2 aliphatic heterocycles. The maximum absolute atomic E-state index is 11.6. The summed E-state index contributed by atoms with van der Waals surface area (Å²) < 4.78 is 25.2. The first-order valence-electron chi connectivity index (χ1n) is 26.5. The minimum atomic E-state index is 0. The zero-order chi connectivity index (χ0) is 55.8. The Morgan fingerprint density at radius 1 is 0.370 bits per heavy atom. The molecule has 417 valence electrons. The van der Waals surface area contributed by atoms with E-state index in [0.29, 0.717) is 143 Å². The second-order valence-corrected chi connectivity index (χ2v) is 23.7. The average molecular weight is 1200 g/mol. The van der Waals surface area contributed by atoms with Crippen LogP contribution in [-0.2, 0) is 36.0 Å². The van der Waals surface area contributed by atoms with Crippen LogP contribution in [0.3, 0.4) is 0 Å². The Morgan fingerprint density at radius 3 is 0.827 bits per heavy atom. The van der Waals surface area contributed by atoms with Crippen LogP contribution in [0.2, 0.25) is 0 Å². The number of fused-ring (bicyclic) bond motifs is 8. The third kappa shape index (κ3) is 16.7. The van der Waals surface area contributed by atoms with E-state index in [1.807, 2.05) is 146 Å². The van der Waals surface area contributed by atoms with E-state index in [1.54, 1.807) is 27.7 Å². The Morgan fingerprint density at radius 2 is 0.605 bits per heavy atom. The number of ether oxygens (including phenoxy) is 4. The summed E-state index contributed by atoms with van der Waals surface area (Å²) in [6, 6.07) is 39.9. The molecule has 0 atom stereocenters. The molecule has 0 N–H and O–H groups in total. The van der Waals surface area contributed by atoms with E-state index in [1.165, 1.54) is 47.0 Å². The van der Waals surface area contributed by atoms with Gasteiger partial charge in [0.15, 0.2) is 20.5 Å². The van der Waals surface area contributed by atoms with E-state index in [9.17, 15) is 19.2 Å². The van der Waals surface area contributed by atoms with Gasteiger partial charge in [-0.05, 0) is 143 Å². The summed E-state index contributed by atoms with van der Waals surface area (Å²) in [6.45, 7) is 8.07. The van der Waals surface area contributed by atoms with Crippen molar-refractivity contribution in [2.75, 3.05) is 49.4 Å². The van der Waals surface area contributed by atoms with Crippen molar-refractivity contribution in [3.05, 3.63) is 144 Å². The summed E-state index contributed by atoms with van der Waals surface area (Å²) >= 11 is 5.16. The number of aromatic nitrogens is 4. The maximum atomic E-state index is 11.6. The molecule has 8 bridgehead atoms. The van der Waals surface area contributed by atoms with Crippen LogP contribution in [0.25, 0.3) is 90.9 Å². The van der Waals surface area contributed by atoms with Gasteiger partial charge in [-0.1, -0.05) is 120 Å². The van der Waals surface area contributed by atoms with E-state index in [-0.39, 0.29) is 37.2 Å². The Balaban J connectivity index is 0.00000860. The van der Waals surface area contributed by atoms with Crippen LogP contribution in [0, 0.1) is 0 Å². The number of hydrogen-bond donors (Lipinski definition) is 0. The van der Waals surface area contributed by atoms with Gasteiger partial charge in [-0.25, -0.2) is 9.97 Å². The largest absolute Gasteiger partial charge is 2.00 e. The zero-order valence-corrected chi connectivity index (χ0v) is 49.7.